The molecule has 94 valence electrons. The molecule has 0 aliphatic carbocycles. The van der Waals surface area contributed by atoms with E-state index in [0.29, 0.717) is 19.3 Å². The maximum atomic E-state index is 11.4. The van der Waals surface area contributed by atoms with Gasteiger partial charge in [-0.15, -0.1) is 0 Å². The van der Waals surface area contributed by atoms with Gasteiger partial charge in [0.15, 0.2) is 0 Å². The molecule has 0 aromatic carbocycles. The molecular formula is C13H20N2O2. The van der Waals surface area contributed by atoms with E-state index in [4.69, 9.17) is 5.73 Å². The van der Waals surface area contributed by atoms with Crippen molar-refractivity contribution in [2.24, 2.45) is 11.1 Å². The van der Waals surface area contributed by atoms with Gasteiger partial charge in [-0.1, -0.05) is 19.4 Å². The number of hydrogen-bond donors (Lipinski definition) is 2. The van der Waals surface area contributed by atoms with Crippen LogP contribution in [0.2, 0.25) is 0 Å². The third kappa shape index (κ3) is 3.53. The standard InChI is InChI=1S/C13H20N2O2/c1-2-6-13(10-14,12(16)17)7-5-11-4-3-8-15-9-11/h3-4,8-9H,2,5-7,10,14H2,1H3,(H,16,17). The Morgan fingerprint density at radius 2 is 2.29 bits per heavy atom. The lowest BCUT2D eigenvalue weighted by molar-refractivity contribution is -0.149. The van der Waals surface area contributed by atoms with Gasteiger partial charge in [0.05, 0.1) is 5.41 Å². The Balaban J connectivity index is 2.70. The quantitative estimate of drug-likeness (QED) is 0.757. The highest BCUT2D eigenvalue weighted by Gasteiger charge is 2.35. The summed E-state index contributed by atoms with van der Waals surface area (Å²) in [5, 5.41) is 9.34. The Labute approximate surface area is 102 Å². The van der Waals surface area contributed by atoms with Crippen molar-refractivity contribution in [3.05, 3.63) is 30.1 Å². The normalized spacial score (nSPS) is 14.2. The summed E-state index contributed by atoms with van der Waals surface area (Å²) in [6.07, 6.45) is 6.21. The second-order valence-electron chi connectivity index (χ2n) is 4.40. The Kier molecular flexibility index (Phi) is 5.10. The predicted molar refractivity (Wildman–Crippen MR) is 66.6 cm³/mol. The lowest BCUT2D eigenvalue weighted by Gasteiger charge is -2.27. The van der Waals surface area contributed by atoms with Crippen molar-refractivity contribution in [2.45, 2.75) is 32.6 Å². The Morgan fingerprint density at radius 3 is 2.76 bits per heavy atom. The molecule has 1 unspecified atom stereocenters. The number of hydrogen-bond acceptors (Lipinski definition) is 3. The molecule has 17 heavy (non-hydrogen) atoms. The van der Waals surface area contributed by atoms with Gasteiger partial charge < -0.3 is 10.8 Å². The van der Waals surface area contributed by atoms with Crippen molar-refractivity contribution in [1.29, 1.82) is 0 Å². The summed E-state index contributed by atoms with van der Waals surface area (Å²) in [6, 6.07) is 3.82. The number of carboxylic acids is 1. The number of aryl methyl sites for hydroxylation is 1. The number of aliphatic carboxylic acids is 1. The number of nitrogens with zero attached hydrogens (tertiary/aromatic N) is 1. The second kappa shape index (κ2) is 6.35. The zero-order chi connectivity index (χ0) is 12.7. The minimum Gasteiger partial charge on any atom is -0.481 e. The molecule has 0 aliphatic rings. The van der Waals surface area contributed by atoms with Crippen molar-refractivity contribution in [1.82, 2.24) is 4.98 Å². The number of nitrogens with two attached hydrogens (primary N) is 1. The maximum absolute atomic E-state index is 11.4. The average molecular weight is 236 g/mol. The molecule has 1 atom stereocenters. The van der Waals surface area contributed by atoms with Gasteiger partial charge in [0, 0.05) is 18.9 Å². The largest absolute Gasteiger partial charge is 0.481 e. The van der Waals surface area contributed by atoms with E-state index in [0.717, 1.165) is 12.0 Å². The number of aromatic nitrogens is 1. The summed E-state index contributed by atoms with van der Waals surface area (Å²) in [5.41, 5.74) is 5.93. The van der Waals surface area contributed by atoms with Crippen molar-refractivity contribution >= 4 is 5.97 Å². The highest BCUT2D eigenvalue weighted by atomic mass is 16.4. The van der Waals surface area contributed by atoms with Crippen LogP contribution in [0.4, 0.5) is 0 Å². The van der Waals surface area contributed by atoms with Crippen LogP contribution in [0, 0.1) is 5.41 Å². The van der Waals surface area contributed by atoms with E-state index < -0.39 is 11.4 Å². The molecule has 4 nitrogen and oxygen atoms in total. The summed E-state index contributed by atoms with van der Waals surface area (Å²) in [4.78, 5) is 15.4. The first-order chi connectivity index (χ1) is 8.14. The number of rotatable bonds is 7. The van der Waals surface area contributed by atoms with E-state index >= 15 is 0 Å². The summed E-state index contributed by atoms with van der Waals surface area (Å²) in [5.74, 6) is -0.786. The third-order valence-corrected chi connectivity index (χ3v) is 3.19. The maximum Gasteiger partial charge on any atom is 0.310 e. The van der Waals surface area contributed by atoms with Gasteiger partial charge in [-0.3, -0.25) is 9.78 Å². The van der Waals surface area contributed by atoms with Crippen LogP contribution in [0.15, 0.2) is 24.5 Å². The minimum atomic E-state index is -0.787. The Bertz CT molecular complexity index is 354. The van der Waals surface area contributed by atoms with Gasteiger partial charge in [0.1, 0.15) is 0 Å². The highest BCUT2D eigenvalue weighted by Crippen LogP contribution is 2.29. The number of carbonyl (C=O) groups is 1. The topological polar surface area (TPSA) is 76.2 Å². The zero-order valence-electron chi connectivity index (χ0n) is 10.2. The van der Waals surface area contributed by atoms with Crippen LogP contribution in [0.5, 0.6) is 0 Å². The number of pyridine rings is 1. The monoisotopic (exact) mass is 236 g/mol. The van der Waals surface area contributed by atoms with Crippen LogP contribution in [-0.2, 0) is 11.2 Å². The van der Waals surface area contributed by atoms with E-state index in [1.165, 1.54) is 0 Å². The highest BCUT2D eigenvalue weighted by molar-refractivity contribution is 5.74. The SMILES string of the molecule is CCCC(CN)(CCc1cccnc1)C(=O)O. The molecule has 1 aromatic rings. The summed E-state index contributed by atoms with van der Waals surface area (Å²) < 4.78 is 0. The molecule has 0 fully saturated rings. The fourth-order valence-electron chi connectivity index (χ4n) is 2.04. The van der Waals surface area contributed by atoms with Crippen LogP contribution in [0.25, 0.3) is 0 Å². The van der Waals surface area contributed by atoms with Gasteiger partial charge in [0.25, 0.3) is 0 Å². The molecule has 1 aromatic heterocycles. The second-order valence-corrected chi connectivity index (χ2v) is 4.40. The van der Waals surface area contributed by atoms with E-state index in [9.17, 15) is 9.90 Å². The van der Waals surface area contributed by atoms with Crippen LogP contribution in [0.1, 0.15) is 31.7 Å². The Hall–Kier alpha value is -1.42. The summed E-state index contributed by atoms with van der Waals surface area (Å²) in [6.45, 7) is 2.17. The van der Waals surface area contributed by atoms with Gasteiger partial charge in [-0.25, -0.2) is 0 Å². The van der Waals surface area contributed by atoms with E-state index in [1.54, 1.807) is 12.4 Å². The van der Waals surface area contributed by atoms with E-state index in [-0.39, 0.29) is 6.54 Å². The lowest BCUT2D eigenvalue weighted by atomic mass is 9.78. The fraction of sp³-hybridized carbons (Fsp3) is 0.538. The molecule has 0 saturated heterocycles. The molecular weight excluding hydrogens is 216 g/mol. The first-order valence-corrected chi connectivity index (χ1v) is 5.97. The molecule has 0 radical (unpaired) electrons. The van der Waals surface area contributed by atoms with Crippen molar-refractivity contribution in [2.75, 3.05) is 6.54 Å². The molecule has 0 bridgehead atoms. The van der Waals surface area contributed by atoms with Gasteiger partial charge in [-0.05, 0) is 30.9 Å². The predicted octanol–water partition coefficient (Wildman–Crippen LogP) is 1.84. The average Bonchev–Trinajstić information content (AvgIpc) is 2.35. The van der Waals surface area contributed by atoms with Crippen molar-refractivity contribution in [3.63, 3.8) is 0 Å². The molecule has 1 rings (SSSR count). The lowest BCUT2D eigenvalue weighted by Crippen LogP contribution is -2.39. The van der Waals surface area contributed by atoms with Gasteiger partial charge in [0.2, 0.25) is 0 Å². The molecule has 4 heteroatoms. The van der Waals surface area contributed by atoms with E-state index in [2.05, 4.69) is 4.98 Å². The fourth-order valence-corrected chi connectivity index (χ4v) is 2.04. The first-order valence-electron chi connectivity index (χ1n) is 5.97. The molecule has 3 N–H and O–H groups in total. The van der Waals surface area contributed by atoms with Crippen LogP contribution in [0.3, 0.4) is 0 Å². The van der Waals surface area contributed by atoms with Crippen LogP contribution in [-0.4, -0.2) is 22.6 Å². The van der Waals surface area contributed by atoms with Crippen LogP contribution >= 0.6 is 0 Å². The minimum absolute atomic E-state index is 0.191. The zero-order valence-corrected chi connectivity index (χ0v) is 10.2. The first kappa shape index (κ1) is 13.6. The Morgan fingerprint density at radius 1 is 1.53 bits per heavy atom. The molecule has 0 saturated carbocycles. The molecule has 1 heterocycles. The summed E-state index contributed by atoms with van der Waals surface area (Å²) >= 11 is 0. The van der Waals surface area contributed by atoms with E-state index in [1.807, 2.05) is 19.1 Å². The molecule has 0 spiro atoms. The molecule has 0 amide bonds. The van der Waals surface area contributed by atoms with Gasteiger partial charge >= 0.3 is 5.97 Å². The van der Waals surface area contributed by atoms with Crippen LogP contribution < -0.4 is 5.73 Å². The number of carboxylic acid groups (broad SMARTS) is 1. The van der Waals surface area contributed by atoms with Gasteiger partial charge in [-0.2, -0.15) is 0 Å². The van der Waals surface area contributed by atoms with Crippen molar-refractivity contribution < 1.29 is 9.90 Å². The van der Waals surface area contributed by atoms with Crippen molar-refractivity contribution in [3.8, 4) is 0 Å². The third-order valence-electron chi connectivity index (χ3n) is 3.19. The smallest absolute Gasteiger partial charge is 0.310 e. The molecule has 0 aliphatic heterocycles. The summed E-state index contributed by atoms with van der Waals surface area (Å²) in [7, 11) is 0.